The molecule has 0 aromatic heterocycles. The molecular formula is C7H15NS2. The minimum atomic E-state index is 0.606. The zero-order valence-electron chi connectivity index (χ0n) is 6.16. The van der Waals surface area contributed by atoms with Gasteiger partial charge in [0.05, 0.1) is 0 Å². The van der Waals surface area contributed by atoms with Crippen molar-refractivity contribution in [1.82, 2.24) is 3.71 Å². The minimum Gasteiger partial charge on any atom is -0.197 e. The van der Waals surface area contributed by atoms with Crippen molar-refractivity contribution in [2.45, 2.75) is 44.6 Å². The van der Waals surface area contributed by atoms with Gasteiger partial charge < -0.3 is 0 Å². The second-order valence-electron chi connectivity index (χ2n) is 2.97. The van der Waals surface area contributed by atoms with Crippen LogP contribution in [0.3, 0.4) is 0 Å². The minimum absolute atomic E-state index is 0.606. The Bertz CT molecular complexity index is 87.6. The molecule has 0 amide bonds. The Morgan fingerprint density at radius 2 is 1.40 bits per heavy atom. The number of thiol groups is 2. The van der Waals surface area contributed by atoms with Gasteiger partial charge in [0.1, 0.15) is 0 Å². The highest BCUT2D eigenvalue weighted by molar-refractivity contribution is 7.93. The Morgan fingerprint density at radius 1 is 0.900 bits per heavy atom. The lowest BCUT2D eigenvalue weighted by Crippen LogP contribution is -2.17. The number of hydrogen-bond acceptors (Lipinski definition) is 3. The van der Waals surface area contributed by atoms with Gasteiger partial charge in [0.2, 0.25) is 0 Å². The molecule has 3 heteroatoms. The van der Waals surface area contributed by atoms with E-state index in [1.54, 1.807) is 3.71 Å². The average molecular weight is 177 g/mol. The maximum absolute atomic E-state index is 4.19. The summed E-state index contributed by atoms with van der Waals surface area (Å²) in [6.07, 6.45) is 8.03. The fourth-order valence-electron chi connectivity index (χ4n) is 1.49. The van der Waals surface area contributed by atoms with Gasteiger partial charge in [-0.2, -0.15) is 3.71 Å². The van der Waals surface area contributed by atoms with E-state index in [0.717, 1.165) is 0 Å². The van der Waals surface area contributed by atoms with E-state index in [4.69, 9.17) is 0 Å². The molecule has 60 valence electrons. The molecular weight excluding hydrogens is 162 g/mol. The first-order valence-electron chi connectivity index (χ1n) is 3.97. The van der Waals surface area contributed by atoms with Crippen LogP contribution in [0.5, 0.6) is 0 Å². The molecule has 0 aliphatic heterocycles. The molecule has 1 saturated carbocycles. The standard InChI is InChI=1S/C7H15NS2/c9-8(10)7-5-3-1-2-4-6-7/h7,9-10H,1-6H2. The molecule has 1 fully saturated rings. The molecule has 1 nitrogen and oxygen atoms in total. The van der Waals surface area contributed by atoms with Crippen molar-refractivity contribution in [3.8, 4) is 0 Å². The lowest BCUT2D eigenvalue weighted by molar-refractivity contribution is 0.458. The van der Waals surface area contributed by atoms with Gasteiger partial charge in [-0.15, -0.1) is 0 Å². The quantitative estimate of drug-likeness (QED) is 0.460. The maximum Gasteiger partial charge on any atom is 0.0310 e. The van der Waals surface area contributed by atoms with Gasteiger partial charge in [-0.25, -0.2) is 0 Å². The van der Waals surface area contributed by atoms with Crippen LogP contribution in [0.25, 0.3) is 0 Å². The summed E-state index contributed by atoms with van der Waals surface area (Å²) in [5, 5.41) is 0. The number of nitrogens with zero attached hydrogens (tertiary/aromatic N) is 1. The van der Waals surface area contributed by atoms with Crippen LogP contribution in [0.2, 0.25) is 0 Å². The molecule has 1 rings (SSSR count). The van der Waals surface area contributed by atoms with Crippen molar-refractivity contribution in [1.29, 1.82) is 0 Å². The summed E-state index contributed by atoms with van der Waals surface area (Å²) in [6, 6.07) is 0.606. The van der Waals surface area contributed by atoms with Gasteiger partial charge in [-0.05, 0) is 12.8 Å². The lowest BCUT2D eigenvalue weighted by atomic mass is 10.1. The number of rotatable bonds is 1. The van der Waals surface area contributed by atoms with Gasteiger partial charge in [-0.3, -0.25) is 0 Å². The van der Waals surface area contributed by atoms with E-state index in [9.17, 15) is 0 Å². The highest BCUT2D eigenvalue weighted by Gasteiger charge is 2.14. The Labute approximate surface area is 74.3 Å². The van der Waals surface area contributed by atoms with Crippen LogP contribution in [0.15, 0.2) is 0 Å². The van der Waals surface area contributed by atoms with Crippen molar-refractivity contribution in [2.75, 3.05) is 0 Å². The third kappa shape index (κ3) is 2.72. The first kappa shape index (κ1) is 8.75. The van der Waals surface area contributed by atoms with Gasteiger partial charge in [0.25, 0.3) is 0 Å². The predicted molar refractivity (Wildman–Crippen MR) is 51.3 cm³/mol. The summed E-state index contributed by atoms with van der Waals surface area (Å²) in [5.41, 5.74) is 0. The van der Waals surface area contributed by atoms with E-state index in [1.165, 1.54) is 38.5 Å². The molecule has 0 atom stereocenters. The first-order valence-corrected chi connectivity index (χ1v) is 4.77. The van der Waals surface area contributed by atoms with Crippen LogP contribution < -0.4 is 0 Å². The summed E-state index contributed by atoms with van der Waals surface area (Å²) in [7, 11) is 0. The van der Waals surface area contributed by atoms with Crippen LogP contribution >= 0.6 is 25.6 Å². The van der Waals surface area contributed by atoms with Gasteiger partial charge in [0.15, 0.2) is 0 Å². The lowest BCUT2D eigenvalue weighted by Gasteiger charge is -2.18. The van der Waals surface area contributed by atoms with Crippen molar-refractivity contribution < 1.29 is 0 Å². The normalized spacial score (nSPS) is 23.1. The van der Waals surface area contributed by atoms with Gasteiger partial charge >= 0.3 is 0 Å². The van der Waals surface area contributed by atoms with Crippen LogP contribution in [0.1, 0.15) is 38.5 Å². The van der Waals surface area contributed by atoms with Crippen LogP contribution in [-0.2, 0) is 0 Å². The van der Waals surface area contributed by atoms with Crippen molar-refractivity contribution >= 4 is 25.6 Å². The average Bonchev–Trinajstić information content (AvgIpc) is 2.12. The zero-order chi connectivity index (χ0) is 7.40. The fourth-order valence-corrected chi connectivity index (χ4v) is 1.95. The molecule has 0 bridgehead atoms. The fraction of sp³-hybridized carbons (Fsp3) is 1.00. The third-order valence-corrected chi connectivity index (χ3v) is 2.80. The zero-order valence-corrected chi connectivity index (χ0v) is 7.95. The molecule has 0 heterocycles. The van der Waals surface area contributed by atoms with E-state index in [2.05, 4.69) is 25.6 Å². The smallest absolute Gasteiger partial charge is 0.0310 e. The molecule has 1 aliphatic carbocycles. The van der Waals surface area contributed by atoms with Crippen LogP contribution in [0, 0.1) is 0 Å². The SMILES string of the molecule is SN(S)C1CCCCCC1. The van der Waals surface area contributed by atoms with Crippen LogP contribution in [0.4, 0.5) is 0 Å². The molecule has 0 saturated heterocycles. The van der Waals surface area contributed by atoms with Gasteiger partial charge in [-0.1, -0.05) is 51.3 Å². The Hall–Kier alpha value is 0.660. The molecule has 0 spiro atoms. The van der Waals surface area contributed by atoms with E-state index in [-0.39, 0.29) is 0 Å². The Kier molecular flexibility index (Phi) is 3.96. The summed E-state index contributed by atoms with van der Waals surface area (Å²) in [5.74, 6) is 0. The van der Waals surface area contributed by atoms with Crippen LogP contribution in [-0.4, -0.2) is 9.75 Å². The molecule has 0 aromatic rings. The van der Waals surface area contributed by atoms with Gasteiger partial charge in [0, 0.05) is 6.04 Å². The molecule has 1 aliphatic rings. The Morgan fingerprint density at radius 3 is 1.80 bits per heavy atom. The van der Waals surface area contributed by atoms with E-state index in [0.29, 0.717) is 6.04 Å². The predicted octanol–water partition coefficient (Wildman–Crippen LogP) is 2.70. The van der Waals surface area contributed by atoms with Crippen molar-refractivity contribution in [3.63, 3.8) is 0 Å². The number of hydrogen-bond donors (Lipinski definition) is 2. The Balaban J connectivity index is 2.28. The molecule has 0 aromatic carbocycles. The second-order valence-corrected chi connectivity index (χ2v) is 4.14. The third-order valence-electron chi connectivity index (χ3n) is 2.15. The monoisotopic (exact) mass is 177 g/mol. The molecule has 10 heavy (non-hydrogen) atoms. The summed E-state index contributed by atoms with van der Waals surface area (Å²) in [6.45, 7) is 0. The summed E-state index contributed by atoms with van der Waals surface area (Å²) >= 11 is 8.37. The molecule has 0 N–H and O–H groups in total. The molecule has 0 unspecified atom stereocenters. The van der Waals surface area contributed by atoms with Crippen molar-refractivity contribution in [2.24, 2.45) is 0 Å². The maximum atomic E-state index is 4.19. The molecule has 0 radical (unpaired) electrons. The van der Waals surface area contributed by atoms with E-state index in [1.807, 2.05) is 0 Å². The topological polar surface area (TPSA) is 3.24 Å². The summed E-state index contributed by atoms with van der Waals surface area (Å²) < 4.78 is 1.77. The van der Waals surface area contributed by atoms with E-state index >= 15 is 0 Å². The largest absolute Gasteiger partial charge is 0.197 e. The second kappa shape index (κ2) is 4.52. The van der Waals surface area contributed by atoms with E-state index < -0.39 is 0 Å². The summed E-state index contributed by atoms with van der Waals surface area (Å²) in [4.78, 5) is 0. The highest BCUT2D eigenvalue weighted by atomic mass is 32.2. The highest BCUT2D eigenvalue weighted by Crippen LogP contribution is 2.23. The van der Waals surface area contributed by atoms with Crippen molar-refractivity contribution in [3.05, 3.63) is 0 Å². The first-order chi connectivity index (χ1) is 4.80.